The van der Waals surface area contributed by atoms with Gasteiger partial charge in [-0.25, -0.2) is 0 Å². The second-order valence-corrected chi connectivity index (χ2v) is 6.50. The van der Waals surface area contributed by atoms with Gasteiger partial charge in [0, 0.05) is 37.4 Å². The van der Waals surface area contributed by atoms with Crippen LogP contribution in [0.3, 0.4) is 0 Å². The van der Waals surface area contributed by atoms with Crippen molar-refractivity contribution in [2.24, 2.45) is 13.0 Å². The highest BCUT2D eigenvalue weighted by molar-refractivity contribution is 5.80. The molecule has 0 spiro atoms. The van der Waals surface area contributed by atoms with Crippen molar-refractivity contribution >= 4 is 5.91 Å². The van der Waals surface area contributed by atoms with Crippen LogP contribution >= 0.6 is 0 Å². The average molecular weight is 311 g/mol. The number of rotatable bonds is 4. The van der Waals surface area contributed by atoms with Crippen LogP contribution in [0.4, 0.5) is 0 Å². The maximum Gasteiger partial charge on any atom is 0.226 e. The van der Waals surface area contributed by atoms with Crippen molar-refractivity contribution in [2.45, 2.75) is 30.9 Å². The van der Waals surface area contributed by atoms with Gasteiger partial charge in [-0.2, -0.15) is 5.10 Å². The normalized spacial score (nSPS) is 29.4. The van der Waals surface area contributed by atoms with Gasteiger partial charge in [-0.05, 0) is 18.4 Å². The Balaban J connectivity index is 1.40. The topological polar surface area (TPSA) is 56.1 Å². The van der Waals surface area contributed by atoms with Gasteiger partial charge in [0.2, 0.25) is 5.91 Å². The first-order valence-corrected chi connectivity index (χ1v) is 8.18. The monoisotopic (exact) mass is 311 g/mol. The molecule has 0 radical (unpaired) electrons. The molecule has 4 rings (SSSR count). The molecule has 2 aromatic rings. The van der Waals surface area contributed by atoms with Crippen LogP contribution in [0.1, 0.15) is 36.0 Å². The highest BCUT2D eigenvalue weighted by Crippen LogP contribution is 2.42. The number of aryl methyl sites for hydroxylation is 1. The van der Waals surface area contributed by atoms with Gasteiger partial charge in [0.25, 0.3) is 0 Å². The molecule has 2 heterocycles. The first-order chi connectivity index (χ1) is 11.2. The van der Waals surface area contributed by atoms with E-state index in [9.17, 15) is 4.79 Å². The van der Waals surface area contributed by atoms with E-state index in [0.717, 1.165) is 18.4 Å². The summed E-state index contributed by atoms with van der Waals surface area (Å²) < 4.78 is 7.53. The quantitative estimate of drug-likeness (QED) is 0.941. The average Bonchev–Trinajstić information content (AvgIpc) is 2.97. The summed E-state index contributed by atoms with van der Waals surface area (Å²) in [5.41, 5.74) is 2.30. The van der Waals surface area contributed by atoms with Crippen molar-refractivity contribution in [3.63, 3.8) is 0 Å². The first-order valence-electron chi connectivity index (χ1n) is 8.18. The first kappa shape index (κ1) is 14.5. The second-order valence-electron chi connectivity index (χ2n) is 6.50. The van der Waals surface area contributed by atoms with E-state index in [1.807, 2.05) is 19.3 Å². The summed E-state index contributed by atoms with van der Waals surface area (Å²) in [5.74, 6) is 0.454. The summed E-state index contributed by atoms with van der Waals surface area (Å²) in [4.78, 5) is 12.6. The fraction of sp³-hybridized carbons (Fsp3) is 0.444. The number of ether oxygens (including phenoxy) is 1. The van der Waals surface area contributed by atoms with Crippen LogP contribution < -0.4 is 5.32 Å². The number of aromatic nitrogens is 2. The molecule has 120 valence electrons. The zero-order valence-corrected chi connectivity index (χ0v) is 13.2. The molecule has 1 N–H and O–H groups in total. The number of carbonyl (C=O) groups excluding carboxylic acids is 1. The predicted octanol–water partition coefficient (Wildman–Crippen LogP) is 2.17. The number of nitrogens with one attached hydrogen (secondary N) is 1. The summed E-state index contributed by atoms with van der Waals surface area (Å²) in [7, 11) is 1.88. The van der Waals surface area contributed by atoms with E-state index in [-0.39, 0.29) is 24.0 Å². The Morgan fingerprint density at radius 3 is 2.87 bits per heavy atom. The summed E-state index contributed by atoms with van der Waals surface area (Å²) in [6.45, 7) is 0.629. The van der Waals surface area contributed by atoms with Crippen molar-refractivity contribution < 1.29 is 9.53 Å². The number of hydrogen-bond donors (Lipinski definition) is 1. The Kier molecular flexibility index (Phi) is 3.65. The third-order valence-corrected chi connectivity index (χ3v) is 4.83. The SMILES string of the molecule is Cn1cc([C@H]2OCC[C@@H]2C(=O)N[C@@H]2C[C@@H]2c2ccccc2)cn1. The van der Waals surface area contributed by atoms with E-state index in [1.54, 1.807) is 10.9 Å². The zero-order chi connectivity index (χ0) is 15.8. The van der Waals surface area contributed by atoms with Gasteiger partial charge < -0.3 is 10.1 Å². The Bertz CT molecular complexity index is 697. The van der Waals surface area contributed by atoms with Gasteiger partial charge in [-0.3, -0.25) is 9.48 Å². The Labute approximate surface area is 135 Å². The Morgan fingerprint density at radius 2 is 2.13 bits per heavy atom. The molecule has 23 heavy (non-hydrogen) atoms. The summed E-state index contributed by atoms with van der Waals surface area (Å²) in [5, 5.41) is 7.39. The molecule has 1 saturated carbocycles. The van der Waals surface area contributed by atoms with Crippen molar-refractivity contribution in [3.05, 3.63) is 53.9 Å². The van der Waals surface area contributed by atoms with Crippen molar-refractivity contribution in [1.29, 1.82) is 0 Å². The van der Waals surface area contributed by atoms with E-state index >= 15 is 0 Å². The van der Waals surface area contributed by atoms with Crippen molar-refractivity contribution in [2.75, 3.05) is 6.61 Å². The minimum atomic E-state index is -0.169. The molecule has 5 nitrogen and oxygen atoms in total. The van der Waals surface area contributed by atoms with Crippen molar-refractivity contribution in [1.82, 2.24) is 15.1 Å². The lowest BCUT2D eigenvalue weighted by molar-refractivity contribution is -0.126. The number of nitrogens with zero attached hydrogens (tertiary/aromatic N) is 2. The maximum absolute atomic E-state index is 12.6. The van der Waals surface area contributed by atoms with Crippen molar-refractivity contribution in [3.8, 4) is 0 Å². The van der Waals surface area contributed by atoms with Crippen LogP contribution in [-0.4, -0.2) is 28.3 Å². The Hall–Kier alpha value is -2.14. The molecular formula is C18H21N3O2. The van der Waals surface area contributed by atoms with Crippen LogP contribution in [0, 0.1) is 5.92 Å². The van der Waals surface area contributed by atoms with Gasteiger partial charge >= 0.3 is 0 Å². The van der Waals surface area contributed by atoms with Crippen LogP contribution in [0.2, 0.25) is 0 Å². The lowest BCUT2D eigenvalue weighted by atomic mass is 9.96. The second kappa shape index (κ2) is 5.81. The molecule has 4 atom stereocenters. The fourth-order valence-corrected chi connectivity index (χ4v) is 3.49. The molecule has 1 aliphatic heterocycles. The minimum Gasteiger partial charge on any atom is -0.373 e. The largest absolute Gasteiger partial charge is 0.373 e. The molecule has 2 aliphatic rings. The molecule has 1 saturated heterocycles. The van der Waals surface area contributed by atoms with Gasteiger partial charge in [-0.15, -0.1) is 0 Å². The molecule has 1 aromatic carbocycles. The smallest absolute Gasteiger partial charge is 0.226 e. The number of hydrogen-bond acceptors (Lipinski definition) is 3. The molecule has 5 heteroatoms. The lowest BCUT2D eigenvalue weighted by Crippen LogP contribution is -2.34. The van der Waals surface area contributed by atoms with Crippen LogP contribution in [0.25, 0.3) is 0 Å². The highest BCUT2D eigenvalue weighted by atomic mass is 16.5. The Morgan fingerprint density at radius 1 is 1.30 bits per heavy atom. The molecule has 1 aliphatic carbocycles. The maximum atomic E-state index is 12.6. The third-order valence-electron chi connectivity index (χ3n) is 4.83. The van der Waals surface area contributed by atoms with Gasteiger partial charge in [0.15, 0.2) is 0 Å². The molecule has 0 unspecified atom stereocenters. The standard InChI is InChI=1S/C18H21N3O2/c1-21-11-13(10-19-21)17-14(7-8-23-17)18(22)20-16-9-15(16)12-5-3-2-4-6-12/h2-6,10-11,14-17H,7-9H2,1H3,(H,20,22)/t14-,15+,16+,17+/m0/s1. The summed E-state index contributed by atoms with van der Waals surface area (Å²) in [6, 6.07) is 10.7. The molecule has 1 amide bonds. The molecular weight excluding hydrogens is 290 g/mol. The van der Waals surface area contributed by atoms with Crippen LogP contribution in [0.15, 0.2) is 42.7 Å². The molecule has 0 bridgehead atoms. The van der Waals surface area contributed by atoms with Gasteiger partial charge in [0.1, 0.15) is 0 Å². The van der Waals surface area contributed by atoms with E-state index in [0.29, 0.717) is 12.5 Å². The zero-order valence-electron chi connectivity index (χ0n) is 13.2. The summed E-state index contributed by atoms with van der Waals surface area (Å²) in [6.07, 6.45) is 5.35. The van der Waals surface area contributed by atoms with E-state index in [2.05, 4.69) is 34.7 Å². The number of carbonyl (C=O) groups is 1. The van der Waals surface area contributed by atoms with Gasteiger partial charge in [-0.1, -0.05) is 30.3 Å². The number of amides is 1. The van der Waals surface area contributed by atoms with Crippen LogP contribution in [-0.2, 0) is 16.6 Å². The van der Waals surface area contributed by atoms with E-state index in [4.69, 9.17) is 4.74 Å². The van der Waals surface area contributed by atoms with Gasteiger partial charge in [0.05, 0.1) is 18.2 Å². The molecule has 2 fully saturated rings. The highest BCUT2D eigenvalue weighted by Gasteiger charge is 2.43. The van der Waals surface area contributed by atoms with E-state index < -0.39 is 0 Å². The van der Waals surface area contributed by atoms with E-state index in [1.165, 1.54) is 5.56 Å². The fourth-order valence-electron chi connectivity index (χ4n) is 3.49. The predicted molar refractivity (Wildman–Crippen MR) is 85.7 cm³/mol. The van der Waals surface area contributed by atoms with Crippen LogP contribution in [0.5, 0.6) is 0 Å². The third kappa shape index (κ3) is 2.88. The molecule has 1 aromatic heterocycles. The number of benzene rings is 1. The minimum absolute atomic E-state index is 0.111. The summed E-state index contributed by atoms with van der Waals surface area (Å²) >= 11 is 0. The lowest BCUT2D eigenvalue weighted by Gasteiger charge is -2.17.